The van der Waals surface area contributed by atoms with Gasteiger partial charge in [0.1, 0.15) is 11.6 Å². The summed E-state index contributed by atoms with van der Waals surface area (Å²) in [5.74, 6) is -0.960. The molecule has 0 aliphatic rings. The van der Waals surface area contributed by atoms with Gasteiger partial charge >= 0.3 is 0 Å². The fourth-order valence-corrected chi connectivity index (χ4v) is 2.66. The smallest absolute Gasteiger partial charge is 0.137 e. The van der Waals surface area contributed by atoms with Crippen LogP contribution in [0.5, 0.6) is 0 Å². The Kier molecular flexibility index (Phi) is 5.36. The van der Waals surface area contributed by atoms with Crippen molar-refractivity contribution in [2.45, 2.75) is 19.9 Å². The summed E-state index contributed by atoms with van der Waals surface area (Å²) in [4.78, 5) is 0. The molecule has 1 atom stereocenters. The fraction of sp³-hybridized carbons (Fsp3) is 0.250. The van der Waals surface area contributed by atoms with Crippen LogP contribution in [0.25, 0.3) is 0 Å². The molecule has 0 amide bonds. The third-order valence-electron chi connectivity index (χ3n) is 3.29. The van der Waals surface area contributed by atoms with Crippen LogP contribution in [0, 0.1) is 18.6 Å². The van der Waals surface area contributed by atoms with Gasteiger partial charge in [-0.3, -0.25) is 0 Å². The van der Waals surface area contributed by atoms with Gasteiger partial charge in [-0.1, -0.05) is 30.7 Å². The molecule has 0 heterocycles. The van der Waals surface area contributed by atoms with Crippen molar-refractivity contribution in [2.24, 2.45) is 0 Å². The van der Waals surface area contributed by atoms with E-state index < -0.39 is 17.7 Å². The van der Waals surface area contributed by atoms with Crippen LogP contribution < -0.4 is 5.32 Å². The lowest BCUT2D eigenvalue weighted by molar-refractivity contribution is 0.542. The van der Waals surface area contributed by atoms with Gasteiger partial charge in [0.15, 0.2) is 0 Å². The molecule has 5 heteroatoms. The molecule has 112 valence electrons. The molecule has 21 heavy (non-hydrogen) atoms. The zero-order chi connectivity index (χ0) is 15.6. The molecule has 0 radical (unpaired) electrons. The minimum absolute atomic E-state index is 0.112. The van der Waals surface area contributed by atoms with Crippen molar-refractivity contribution >= 4 is 27.5 Å². The largest absolute Gasteiger partial charge is 0.306 e. The molecular formula is C16H15BrClF2N. The van der Waals surface area contributed by atoms with Crippen molar-refractivity contribution < 1.29 is 8.78 Å². The van der Waals surface area contributed by atoms with Gasteiger partial charge in [0.2, 0.25) is 0 Å². The Morgan fingerprint density at radius 1 is 1.19 bits per heavy atom. The average molecular weight is 375 g/mol. The molecule has 1 nitrogen and oxygen atoms in total. The van der Waals surface area contributed by atoms with Gasteiger partial charge in [-0.25, -0.2) is 8.78 Å². The van der Waals surface area contributed by atoms with E-state index in [0.29, 0.717) is 11.6 Å². The molecule has 0 saturated heterocycles. The molecule has 2 aromatic carbocycles. The van der Waals surface area contributed by atoms with Gasteiger partial charge in [0.05, 0.1) is 10.5 Å². The van der Waals surface area contributed by atoms with E-state index in [9.17, 15) is 8.78 Å². The summed E-state index contributed by atoms with van der Waals surface area (Å²) < 4.78 is 28.1. The van der Waals surface area contributed by atoms with Crippen LogP contribution in [0.2, 0.25) is 5.02 Å². The zero-order valence-corrected chi connectivity index (χ0v) is 14.0. The van der Waals surface area contributed by atoms with Crippen molar-refractivity contribution in [2.75, 3.05) is 6.54 Å². The highest BCUT2D eigenvalue weighted by molar-refractivity contribution is 9.10. The van der Waals surface area contributed by atoms with E-state index in [1.807, 2.05) is 26.0 Å². The van der Waals surface area contributed by atoms with Crippen LogP contribution in [0.3, 0.4) is 0 Å². The molecule has 0 saturated carbocycles. The highest BCUT2D eigenvalue weighted by Gasteiger charge is 2.20. The third-order valence-corrected chi connectivity index (χ3v) is 4.30. The van der Waals surface area contributed by atoms with Crippen LogP contribution in [0.1, 0.15) is 29.7 Å². The predicted octanol–water partition coefficient (Wildman–Crippen LogP) is 5.39. The van der Waals surface area contributed by atoms with Crippen LogP contribution in [0.15, 0.2) is 34.8 Å². The van der Waals surface area contributed by atoms with E-state index >= 15 is 0 Å². The molecule has 0 bridgehead atoms. The molecule has 1 unspecified atom stereocenters. The van der Waals surface area contributed by atoms with Crippen molar-refractivity contribution in [1.29, 1.82) is 0 Å². The average Bonchev–Trinajstić information content (AvgIpc) is 2.44. The number of halogens is 4. The Hall–Kier alpha value is -0.970. The van der Waals surface area contributed by atoms with E-state index in [4.69, 9.17) is 11.6 Å². The van der Waals surface area contributed by atoms with E-state index in [0.717, 1.165) is 17.2 Å². The lowest BCUT2D eigenvalue weighted by Gasteiger charge is -2.20. The summed E-state index contributed by atoms with van der Waals surface area (Å²) in [6.45, 7) is 4.43. The van der Waals surface area contributed by atoms with E-state index in [2.05, 4.69) is 21.2 Å². The number of nitrogens with one attached hydrogen (secondary N) is 1. The summed E-state index contributed by atoms with van der Waals surface area (Å²) >= 11 is 9.13. The normalized spacial score (nSPS) is 12.5. The van der Waals surface area contributed by atoms with Gasteiger partial charge in [-0.2, -0.15) is 0 Å². The maximum Gasteiger partial charge on any atom is 0.137 e. The van der Waals surface area contributed by atoms with E-state index in [1.54, 1.807) is 6.07 Å². The van der Waals surface area contributed by atoms with E-state index in [1.165, 1.54) is 6.07 Å². The van der Waals surface area contributed by atoms with Crippen LogP contribution >= 0.6 is 27.5 Å². The maximum absolute atomic E-state index is 14.2. The molecule has 0 spiro atoms. The first-order chi connectivity index (χ1) is 9.93. The Labute approximate surface area is 136 Å². The Balaban J connectivity index is 2.52. The summed E-state index contributed by atoms with van der Waals surface area (Å²) in [5.41, 5.74) is 2.00. The monoisotopic (exact) mass is 373 g/mol. The minimum atomic E-state index is -0.493. The molecule has 0 aliphatic heterocycles. The first kappa shape index (κ1) is 16.4. The molecule has 0 aromatic heterocycles. The molecule has 2 rings (SSSR count). The second-order valence-electron chi connectivity index (χ2n) is 4.79. The van der Waals surface area contributed by atoms with Crippen LogP contribution in [-0.2, 0) is 0 Å². The predicted molar refractivity (Wildman–Crippen MR) is 85.8 cm³/mol. The molecule has 0 fully saturated rings. The van der Waals surface area contributed by atoms with Crippen molar-refractivity contribution in [3.63, 3.8) is 0 Å². The van der Waals surface area contributed by atoms with Gasteiger partial charge in [-0.15, -0.1) is 0 Å². The Morgan fingerprint density at radius 2 is 1.90 bits per heavy atom. The standard InChI is InChI=1S/C16H15BrClF2N/c1-3-21-16(10-5-4-9(2)13(18)6-10)11-7-15(20)12(17)8-14(11)19/h4-8,16,21H,3H2,1-2H3. The van der Waals surface area contributed by atoms with Crippen LogP contribution in [0.4, 0.5) is 8.78 Å². The fourth-order valence-electron chi connectivity index (χ4n) is 2.16. The highest BCUT2D eigenvalue weighted by Crippen LogP contribution is 2.30. The maximum atomic E-state index is 14.2. The van der Waals surface area contributed by atoms with Gasteiger partial charge in [0.25, 0.3) is 0 Å². The number of hydrogen-bond donors (Lipinski definition) is 1. The van der Waals surface area contributed by atoms with Crippen molar-refractivity contribution in [1.82, 2.24) is 5.32 Å². The highest BCUT2D eigenvalue weighted by atomic mass is 79.9. The first-order valence-corrected chi connectivity index (χ1v) is 7.75. The first-order valence-electron chi connectivity index (χ1n) is 6.58. The van der Waals surface area contributed by atoms with Gasteiger partial charge in [-0.05, 0) is 58.7 Å². The zero-order valence-electron chi connectivity index (χ0n) is 11.7. The van der Waals surface area contributed by atoms with E-state index in [-0.39, 0.29) is 10.0 Å². The lowest BCUT2D eigenvalue weighted by atomic mass is 9.97. The summed E-state index contributed by atoms with van der Waals surface area (Å²) in [7, 11) is 0. The molecule has 2 aromatic rings. The number of hydrogen-bond acceptors (Lipinski definition) is 1. The van der Waals surface area contributed by atoms with Gasteiger partial charge in [0, 0.05) is 10.6 Å². The summed E-state index contributed by atoms with van der Waals surface area (Å²) in [6.07, 6.45) is 0. The van der Waals surface area contributed by atoms with Crippen molar-refractivity contribution in [3.05, 3.63) is 68.2 Å². The topological polar surface area (TPSA) is 12.0 Å². The summed E-state index contributed by atoms with van der Waals surface area (Å²) in [5, 5.41) is 3.77. The lowest BCUT2D eigenvalue weighted by Crippen LogP contribution is -2.23. The van der Waals surface area contributed by atoms with Crippen LogP contribution in [-0.4, -0.2) is 6.54 Å². The molecule has 1 N–H and O–H groups in total. The SMILES string of the molecule is CCNC(c1ccc(C)c(Cl)c1)c1cc(F)c(Br)cc1F. The Morgan fingerprint density at radius 3 is 2.52 bits per heavy atom. The second kappa shape index (κ2) is 6.86. The Bertz CT molecular complexity index is 661. The van der Waals surface area contributed by atoms with Gasteiger partial charge < -0.3 is 5.32 Å². The quantitative estimate of drug-likeness (QED) is 0.708. The molecule has 0 aliphatic carbocycles. The number of rotatable bonds is 4. The summed E-state index contributed by atoms with van der Waals surface area (Å²) in [6, 6.07) is 7.42. The second-order valence-corrected chi connectivity index (χ2v) is 6.05. The third kappa shape index (κ3) is 3.62. The number of benzene rings is 2. The minimum Gasteiger partial charge on any atom is -0.306 e. The van der Waals surface area contributed by atoms with Crippen molar-refractivity contribution in [3.8, 4) is 0 Å². The molecular weight excluding hydrogens is 360 g/mol. The number of aryl methyl sites for hydroxylation is 1.